The highest BCUT2D eigenvalue weighted by Gasteiger charge is 2.60. The van der Waals surface area contributed by atoms with E-state index in [1.807, 2.05) is 9.80 Å². The molecule has 1 aromatic rings. The number of carbonyl (C=O) groups excluding carboxylic acids is 1. The predicted molar refractivity (Wildman–Crippen MR) is 102 cm³/mol. The van der Waals surface area contributed by atoms with E-state index < -0.39 is 22.8 Å². The van der Waals surface area contributed by atoms with Crippen LogP contribution in [0.4, 0.5) is 18.9 Å². The Balaban J connectivity index is 1.27. The Morgan fingerprint density at radius 2 is 1.69 bits per heavy atom. The minimum atomic E-state index is -4.35. The first-order valence-electron chi connectivity index (χ1n) is 10.6. The molecule has 158 valence electrons. The maximum absolute atomic E-state index is 13.5. The largest absolute Gasteiger partial charge is 0.416 e. The molecular weight excluding hydrogens is 381 g/mol. The van der Waals surface area contributed by atoms with E-state index in [0.717, 1.165) is 38.2 Å². The Morgan fingerprint density at radius 1 is 1.03 bits per heavy atom. The smallest absolute Gasteiger partial charge is 0.390 e. The molecule has 1 amide bonds. The van der Waals surface area contributed by atoms with Crippen LogP contribution in [0.15, 0.2) is 24.3 Å². The van der Waals surface area contributed by atoms with Crippen molar-refractivity contribution in [3.05, 3.63) is 29.8 Å². The molecule has 4 nitrogen and oxygen atoms in total. The van der Waals surface area contributed by atoms with Gasteiger partial charge >= 0.3 is 6.18 Å². The van der Waals surface area contributed by atoms with E-state index in [2.05, 4.69) is 0 Å². The van der Waals surface area contributed by atoms with Crippen LogP contribution in [0.5, 0.6) is 0 Å². The number of rotatable bonds is 2. The van der Waals surface area contributed by atoms with Gasteiger partial charge in [-0.1, -0.05) is 6.07 Å². The number of nitrogens with zero attached hydrogens (tertiary/aromatic N) is 2. The van der Waals surface area contributed by atoms with Crippen molar-refractivity contribution in [2.75, 3.05) is 31.1 Å². The highest BCUT2D eigenvalue weighted by atomic mass is 19.4. The van der Waals surface area contributed by atoms with E-state index in [-0.39, 0.29) is 5.91 Å². The summed E-state index contributed by atoms with van der Waals surface area (Å²) in [6, 6.07) is 5.40. The summed E-state index contributed by atoms with van der Waals surface area (Å²) in [7, 11) is 0. The zero-order chi connectivity index (χ0) is 20.4. The summed E-state index contributed by atoms with van der Waals surface area (Å²) < 4.78 is 39.0. The minimum Gasteiger partial charge on any atom is -0.390 e. The summed E-state index contributed by atoms with van der Waals surface area (Å²) in [4.78, 5) is 17.3. The van der Waals surface area contributed by atoms with Gasteiger partial charge in [-0.25, -0.2) is 0 Å². The van der Waals surface area contributed by atoms with Gasteiger partial charge < -0.3 is 14.9 Å². The number of halogens is 3. The molecule has 4 saturated carbocycles. The van der Waals surface area contributed by atoms with Gasteiger partial charge in [0.1, 0.15) is 0 Å². The summed E-state index contributed by atoms with van der Waals surface area (Å²) in [6.07, 6.45) is 0.813. The number of aliphatic hydroxyl groups is 1. The summed E-state index contributed by atoms with van der Waals surface area (Å²) >= 11 is 0. The molecule has 1 N–H and O–H groups in total. The van der Waals surface area contributed by atoms with Crippen molar-refractivity contribution >= 4 is 11.6 Å². The van der Waals surface area contributed by atoms with Crippen LogP contribution < -0.4 is 4.90 Å². The molecule has 2 atom stereocenters. The zero-order valence-electron chi connectivity index (χ0n) is 16.4. The molecule has 0 radical (unpaired) electrons. The van der Waals surface area contributed by atoms with Gasteiger partial charge in [-0.15, -0.1) is 0 Å². The minimum absolute atomic E-state index is 0.161. The average Bonchev–Trinajstić information content (AvgIpc) is 2.65. The molecule has 1 aliphatic heterocycles. The highest BCUT2D eigenvalue weighted by Crippen LogP contribution is 2.62. The van der Waals surface area contributed by atoms with Crippen molar-refractivity contribution in [1.29, 1.82) is 0 Å². The third kappa shape index (κ3) is 3.31. The maximum atomic E-state index is 13.5. The number of carbonyl (C=O) groups is 1. The average molecular weight is 408 g/mol. The summed E-state index contributed by atoms with van der Waals surface area (Å²) in [6.45, 7) is 2.09. The molecule has 29 heavy (non-hydrogen) atoms. The van der Waals surface area contributed by atoms with E-state index in [1.54, 1.807) is 6.07 Å². The van der Waals surface area contributed by atoms with Crippen molar-refractivity contribution in [3.8, 4) is 0 Å². The molecule has 0 spiro atoms. The molecule has 1 saturated heterocycles. The van der Waals surface area contributed by atoms with Crippen molar-refractivity contribution in [1.82, 2.24) is 4.90 Å². The molecule has 4 bridgehead atoms. The molecular formula is C22H27F3N2O2. The molecule has 1 aromatic carbocycles. The van der Waals surface area contributed by atoms with Crippen LogP contribution in [0.25, 0.3) is 0 Å². The second-order valence-electron chi connectivity index (χ2n) is 9.79. The summed E-state index contributed by atoms with van der Waals surface area (Å²) in [5.41, 5.74) is -1.18. The second kappa shape index (κ2) is 6.37. The Morgan fingerprint density at radius 3 is 2.28 bits per heavy atom. The van der Waals surface area contributed by atoms with Crippen LogP contribution in [0.2, 0.25) is 0 Å². The fraction of sp³-hybridized carbons (Fsp3) is 0.682. The molecule has 4 aliphatic carbocycles. The zero-order valence-corrected chi connectivity index (χ0v) is 16.4. The normalized spacial score (nSPS) is 36.6. The number of piperazine rings is 1. The fourth-order valence-electron chi connectivity index (χ4n) is 6.85. The van der Waals surface area contributed by atoms with Crippen LogP contribution in [0.1, 0.15) is 44.1 Å². The Kier molecular flexibility index (Phi) is 4.22. The summed E-state index contributed by atoms with van der Waals surface area (Å²) in [5, 5.41) is 10.9. The van der Waals surface area contributed by atoms with Crippen LogP contribution in [-0.4, -0.2) is 47.7 Å². The molecule has 0 aromatic heterocycles. The first-order valence-corrected chi connectivity index (χ1v) is 10.6. The second-order valence-corrected chi connectivity index (χ2v) is 9.79. The van der Waals surface area contributed by atoms with Gasteiger partial charge in [-0.3, -0.25) is 4.79 Å². The number of anilines is 1. The maximum Gasteiger partial charge on any atom is 0.416 e. The van der Waals surface area contributed by atoms with E-state index >= 15 is 0 Å². The van der Waals surface area contributed by atoms with Crippen molar-refractivity contribution < 1.29 is 23.1 Å². The van der Waals surface area contributed by atoms with E-state index in [4.69, 9.17) is 0 Å². The van der Waals surface area contributed by atoms with Gasteiger partial charge in [-0.2, -0.15) is 13.2 Å². The topological polar surface area (TPSA) is 43.8 Å². The number of benzene rings is 1. The van der Waals surface area contributed by atoms with Gasteiger partial charge in [0, 0.05) is 31.9 Å². The van der Waals surface area contributed by atoms with Gasteiger partial charge in [0.25, 0.3) is 0 Å². The van der Waals surface area contributed by atoms with Crippen LogP contribution in [0, 0.1) is 17.3 Å². The standard InChI is InChI=1S/C22H27F3N2O2/c23-22(24,25)17-2-1-3-18(9-17)26-4-6-27(7-5-26)19(28)20-10-15-8-16(11-20)13-21(29,12-15)14-20/h1-3,9,15-16,29H,4-8,10-14H2/t15-,16-,20?,21?/m1/s1. The lowest BCUT2D eigenvalue weighted by Gasteiger charge is -2.60. The van der Waals surface area contributed by atoms with Crippen LogP contribution in [0.3, 0.4) is 0 Å². The van der Waals surface area contributed by atoms with Gasteiger partial charge in [0.15, 0.2) is 0 Å². The Bertz CT molecular complexity index is 803. The molecule has 6 rings (SSSR count). The Hall–Kier alpha value is -1.76. The first kappa shape index (κ1) is 19.2. The van der Waals surface area contributed by atoms with Gasteiger partial charge in [0.2, 0.25) is 5.91 Å². The van der Waals surface area contributed by atoms with Crippen molar-refractivity contribution in [2.45, 2.75) is 50.3 Å². The third-order valence-corrected chi connectivity index (χ3v) is 7.59. The molecule has 0 unspecified atom stereocenters. The Labute approximate surface area is 168 Å². The van der Waals surface area contributed by atoms with E-state index in [1.165, 1.54) is 12.1 Å². The highest BCUT2D eigenvalue weighted by molar-refractivity contribution is 5.84. The van der Waals surface area contributed by atoms with E-state index in [9.17, 15) is 23.1 Å². The molecule has 7 heteroatoms. The van der Waals surface area contributed by atoms with Gasteiger partial charge in [-0.05, 0) is 68.6 Å². The summed E-state index contributed by atoms with van der Waals surface area (Å²) in [5.74, 6) is 1.07. The SMILES string of the molecule is O=C(N1CCN(c2cccc(C(F)(F)F)c2)CC1)C12C[C@H]3C[C@@H](CC(O)(C3)C1)C2. The predicted octanol–water partition coefficient (Wildman–Crippen LogP) is 3.69. The number of alkyl halides is 3. The van der Waals surface area contributed by atoms with Crippen LogP contribution in [-0.2, 0) is 11.0 Å². The lowest BCUT2D eigenvalue weighted by Crippen LogP contribution is -2.62. The van der Waals surface area contributed by atoms with E-state index in [0.29, 0.717) is 50.1 Å². The monoisotopic (exact) mass is 408 g/mol. The number of hydrogen-bond acceptors (Lipinski definition) is 3. The fourth-order valence-corrected chi connectivity index (χ4v) is 6.85. The first-order chi connectivity index (χ1) is 13.7. The van der Waals surface area contributed by atoms with Crippen molar-refractivity contribution in [2.24, 2.45) is 17.3 Å². The lowest BCUT2D eigenvalue weighted by molar-refractivity contribution is -0.186. The molecule has 5 aliphatic rings. The molecule has 5 fully saturated rings. The van der Waals surface area contributed by atoms with Crippen LogP contribution >= 0.6 is 0 Å². The molecule has 1 heterocycles. The van der Waals surface area contributed by atoms with Gasteiger partial charge in [0.05, 0.1) is 16.6 Å². The quantitative estimate of drug-likeness (QED) is 0.812. The lowest BCUT2D eigenvalue weighted by atomic mass is 9.47. The number of hydrogen-bond donors (Lipinski definition) is 1. The third-order valence-electron chi connectivity index (χ3n) is 7.59. The number of amides is 1. The van der Waals surface area contributed by atoms with Crippen molar-refractivity contribution in [3.63, 3.8) is 0 Å².